The molecule has 0 spiro atoms. The molecule has 0 unspecified atom stereocenters. The minimum atomic E-state index is 0.849. The van der Waals surface area contributed by atoms with E-state index in [-0.39, 0.29) is 0 Å². The van der Waals surface area contributed by atoms with Crippen molar-refractivity contribution < 1.29 is 0 Å². The second-order valence-electron chi connectivity index (χ2n) is 4.78. The zero-order valence-corrected chi connectivity index (χ0v) is 18.6. The van der Waals surface area contributed by atoms with Crippen molar-refractivity contribution in [2.24, 2.45) is 0 Å². The van der Waals surface area contributed by atoms with Gasteiger partial charge < -0.3 is 0 Å². The molecule has 0 radical (unpaired) electrons. The van der Waals surface area contributed by atoms with Crippen LogP contribution < -0.4 is 0 Å². The van der Waals surface area contributed by atoms with Crippen LogP contribution in [0, 0.1) is 0 Å². The molecule has 4 heteroatoms. The van der Waals surface area contributed by atoms with Gasteiger partial charge in [-0.3, -0.25) is 0 Å². The average Bonchev–Trinajstić information content (AvgIpc) is 2.43. The third-order valence-corrected chi connectivity index (χ3v) is 40.0. The van der Waals surface area contributed by atoms with E-state index < -0.39 is 0 Å². The topological polar surface area (TPSA) is 0 Å². The van der Waals surface area contributed by atoms with Crippen molar-refractivity contribution in [2.75, 3.05) is 0 Å². The summed E-state index contributed by atoms with van der Waals surface area (Å²) in [5.41, 5.74) is 0. The van der Waals surface area contributed by atoms with E-state index in [1.165, 1.54) is 64.2 Å². The second kappa shape index (κ2) is 15.9. The van der Waals surface area contributed by atoms with Crippen molar-refractivity contribution in [3.8, 4) is 0 Å². The fourth-order valence-electron chi connectivity index (χ4n) is 2.01. The molecule has 110 valence electrons. The van der Waals surface area contributed by atoms with Gasteiger partial charge in [-0.05, 0) is 0 Å². The monoisotopic (exact) mass is 526 g/mol. The first-order chi connectivity index (χ1) is 9.50. The quantitative estimate of drug-likeness (QED) is 0.423. The van der Waals surface area contributed by atoms with Gasteiger partial charge in [0.1, 0.15) is 0 Å². The van der Waals surface area contributed by atoms with Crippen LogP contribution in [0.2, 0.25) is 5.32 Å². The molecule has 1 aliphatic rings. The summed E-state index contributed by atoms with van der Waals surface area (Å²) in [5, 5.41) is 1.58. The number of rotatable bonds is 0. The molecule has 0 saturated heterocycles. The molecule has 0 aromatic carbocycles. The van der Waals surface area contributed by atoms with Crippen molar-refractivity contribution in [1.29, 1.82) is 0 Å². The first-order valence-corrected chi connectivity index (χ1v) is 22.6. The van der Waals surface area contributed by atoms with Crippen molar-refractivity contribution >= 4 is 48.9 Å². The van der Waals surface area contributed by atoms with Crippen LogP contribution in [-0.2, 0) is 0 Å². The normalized spacial score (nSPS) is 25.7. The molecule has 1 heterocycles. The Labute approximate surface area is 140 Å². The van der Waals surface area contributed by atoms with Crippen LogP contribution >= 0.6 is 0 Å². The maximum atomic E-state index is 2.45. The van der Waals surface area contributed by atoms with Gasteiger partial charge in [-0.1, -0.05) is 0 Å². The molecule has 0 aromatic rings. The van der Waals surface area contributed by atoms with E-state index in [1.807, 2.05) is 0 Å². The Bertz CT molecular complexity index is 214. The number of hydrogen-bond donors (Lipinski definition) is 0. The van der Waals surface area contributed by atoms with E-state index in [0.717, 1.165) is 48.9 Å². The van der Waals surface area contributed by atoms with Gasteiger partial charge in [0.2, 0.25) is 0 Å². The molecule has 0 aromatic heterocycles. The summed E-state index contributed by atoms with van der Waals surface area (Å²) in [7, 11) is 0. The predicted molar refractivity (Wildman–Crippen MR) is 92.3 cm³/mol. The summed E-state index contributed by atoms with van der Waals surface area (Å²) in [6.07, 6.45) is 21.5. The standard InChI is InChI=1S/C15H26Se4/c1-2-4-6-8-10-12-14-16-18-19-17-15-13-11-9-7-5-3-1/h8,10,12,14H,1-7,9,11,13,15H2/b10-8-,14-12+. The van der Waals surface area contributed by atoms with Gasteiger partial charge in [0.15, 0.2) is 0 Å². The zero-order valence-electron chi connectivity index (χ0n) is 11.7. The van der Waals surface area contributed by atoms with E-state index in [9.17, 15) is 0 Å². The van der Waals surface area contributed by atoms with E-state index in [2.05, 4.69) is 23.2 Å². The summed E-state index contributed by atoms with van der Waals surface area (Å²) in [5.74, 6) is 0. The van der Waals surface area contributed by atoms with Crippen molar-refractivity contribution in [1.82, 2.24) is 0 Å². The first-order valence-electron chi connectivity index (χ1n) is 7.43. The van der Waals surface area contributed by atoms with Crippen molar-refractivity contribution in [3.63, 3.8) is 0 Å². The van der Waals surface area contributed by atoms with Gasteiger partial charge in [0.05, 0.1) is 0 Å². The molecule has 19 heavy (non-hydrogen) atoms. The van der Waals surface area contributed by atoms with Crippen LogP contribution in [-0.4, -0.2) is 48.9 Å². The SMILES string of the molecule is C1=C\CCCCCCCCCCC[Se][Se][Se][Se]/C=C/1. The van der Waals surface area contributed by atoms with E-state index in [4.69, 9.17) is 0 Å². The van der Waals surface area contributed by atoms with E-state index in [1.54, 1.807) is 5.32 Å². The Hall–Kier alpha value is 1.56. The van der Waals surface area contributed by atoms with Gasteiger partial charge in [-0.15, -0.1) is 0 Å². The van der Waals surface area contributed by atoms with Gasteiger partial charge in [-0.25, -0.2) is 0 Å². The zero-order chi connectivity index (χ0) is 13.4. The minimum absolute atomic E-state index is 0.849. The Kier molecular flexibility index (Phi) is 15.6. The number of hydrogen-bond acceptors (Lipinski definition) is 0. The summed E-state index contributed by atoms with van der Waals surface area (Å²) in [6.45, 7) is 0. The van der Waals surface area contributed by atoms with Crippen LogP contribution in [0.5, 0.6) is 0 Å². The maximum absolute atomic E-state index is 2.45. The molecule has 0 aliphatic carbocycles. The Morgan fingerprint density at radius 1 is 0.632 bits per heavy atom. The van der Waals surface area contributed by atoms with Gasteiger partial charge in [0, 0.05) is 0 Å². The third kappa shape index (κ3) is 14.3. The average molecular weight is 522 g/mol. The summed E-state index contributed by atoms with van der Waals surface area (Å²) in [6, 6.07) is 0. The molecular formula is C15H26Se4. The van der Waals surface area contributed by atoms with Crippen LogP contribution in [0.1, 0.15) is 64.2 Å². The van der Waals surface area contributed by atoms with Crippen LogP contribution in [0.15, 0.2) is 23.2 Å². The molecule has 0 fully saturated rings. The molecule has 0 N–H and O–H groups in total. The fourth-order valence-corrected chi connectivity index (χ4v) is 38.9. The Balaban J connectivity index is 2.12. The first kappa shape index (κ1) is 18.6. The van der Waals surface area contributed by atoms with Gasteiger partial charge >= 0.3 is 142 Å². The fraction of sp³-hybridized carbons (Fsp3) is 0.733. The summed E-state index contributed by atoms with van der Waals surface area (Å²) in [4.78, 5) is 2.45. The molecule has 0 nitrogen and oxygen atoms in total. The molecule has 1 aliphatic heterocycles. The van der Waals surface area contributed by atoms with Gasteiger partial charge in [0.25, 0.3) is 0 Å². The Morgan fingerprint density at radius 3 is 2.11 bits per heavy atom. The summed E-state index contributed by atoms with van der Waals surface area (Å²) < 4.78 is 0. The molecule has 1 rings (SSSR count). The van der Waals surface area contributed by atoms with Crippen LogP contribution in [0.3, 0.4) is 0 Å². The molecular weight excluding hydrogens is 496 g/mol. The Morgan fingerprint density at radius 2 is 1.32 bits per heavy atom. The molecule has 0 atom stereocenters. The summed E-state index contributed by atoms with van der Waals surface area (Å²) >= 11 is 3.94. The third-order valence-electron chi connectivity index (χ3n) is 3.09. The van der Waals surface area contributed by atoms with Crippen molar-refractivity contribution in [2.45, 2.75) is 69.5 Å². The second-order valence-corrected chi connectivity index (χ2v) is 30.7. The number of allylic oxidation sites excluding steroid dienone is 3. The van der Waals surface area contributed by atoms with Crippen LogP contribution in [0.25, 0.3) is 0 Å². The molecule has 0 bridgehead atoms. The predicted octanol–water partition coefficient (Wildman–Crippen LogP) is 3.95. The van der Waals surface area contributed by atoms with E-state index in [0.29, 0.717) is 0 Å². The molecule has 0 saturated carbocycles. The van der Waals surface area contributed by atoms with E-state index >= 15 is 0 Å². The molecule has 0 amide bonds. The van der Waals surface area contributed by atoms with Crippen LogP contribution in [0.4, 0.5) is 0 Å². The van der Waals surface area contributed by atoms with Gasteiger partial charge in [-0.2, -0.15) is 0 Å². The van der Waals surface area contributed by atoms with Crippen molar-refractivity contribution in [3.05, 3.63) is 23.2 Å².